The second-order valence-corrected chi connectivity index (χ2v) is 9.48. The lowest BCUT2D eigenvalue weighted by Gasteiger charge is -2.37. The minimum absolute atomic E-state index is 0.0400. The number of carbonyl (C=O) groups excluding carboxylic acids is 1. The zero-order chi connectivity index (χ0) is 17.9. The molecule has 1 N–H and O–H groups in total. The zero-order valence-electron chi connectivity index (χ0n) is 14.5. The molecule has 5 rings (SSSR count). The Kier molecular flexibility index (Phi) is 3.45. The molecule has 7 heteroatoms. The first kappa shape index (κ1) is 16.0. The van der Waals surface area contributed by atoms with Crippen LogP contribution < -0.4 is 5.32 Å². The molecule has 1 unspecified atom stereocenters. The van der Waals surface area contributed by atoms with Gasteiger partial charge in [-0.2, -0.15) is 4.98 Å². The molecule has 5 nitrogen and oxygen atoms in total. The minimum atomic E-state index is -0.189. The first-order valence-corrected chi connectivity index (χ1v) is 10.3. The van der Waals surface area contributed by atoms with Gasteiger partial charge >= 0.3 is 0 Å². The van der Waals surface area contributed by atoms with Gasteiger partial charge in [0, 0.05) is 22.6 Å². The highest BCUT2D eigenvalue weighted by Crippen LogP contribution is 2.46. The molecule has 26 heavy (non-hydrogen) atoms. The lowest BCUT2D eigenvalue weighted by molar-refractivity contribution is -0.118. The van der Waals surface area contributed by atoms with Crippen molar-refractivity contribution in [3.8, 4) is 10.7 Å². The third kappa shape index (κ3) is 2.46. The van der Waals surface area contributed by atoms with E-state index in [0.717, 1.165) is 33.4 Å². The SMILES string of the molecule is CC1(C)CC(=O)C2=C(C1)Nc1nc(-c3cccs3)nn1C2c1cccs1. The average molecular weight is 383 g/mol. The number of fused-ring (bicyclic) bond motifs is 1. The molecule has 2 aliphatic rings. The number of ketones is 1. The molecule has 0 bridgehead atoms. The largest absolute Gasteiger partial charge is 0.328 e. The van der Waals surface area contributed by atoms with Crippen LogP contribution in [0.2, 0.25) is 0 Å². The van der Waals surface area contributed by atoms with Gasteiger partial charge < -0.3 is 5.32 Å². The van der Waals surface area contributed by atoms with Crippen LogP contribution in [-0.2, 0) is 4.79 Å². The Morgan fingerprint density at radius 2 is 2.00 bits per heavy atom. The molecular weight excluding hydrogens is 364 g/mol. The molecular formula is C19H18N4OS2. The highest BCUT2D eigenvalue weighted by atomic mass is 32.1. The molecule has 0 radical (unpaired) electrons. The molecule has 3 aromatic rings. The molecule has 0 aromatic carbocycles. The maximum atomic E-state index is 13.0. The molecule has 0 amide bonds. The van der Waals surface area contributed by atoms with Gasteiger partial charge in [0.2, 0.25) is 5.95 Å². The summed E-state index contributed by atoms with van der Waals surface area (Å²) >= 11 is 3.28. The first-order chi connectivity index (χ1) is 12.5. The van der Waals surface area contributed by atoms with Gasteiger partial charge in [-0.15, -0.1) is 27.8 Å². The normalized spacial score (nSPS) is 21.3. The molecule has 1 aliphatic heterocycles. The van der Waals surface area contributed by atoms with Gasteiger partial charge in [0.25, 0.3) is 0 Å². The van der Waals surface area contributed by atoms with Gasteiger partial charge in [-0.1, -0.05) is 26.0 Å². The second kappa shape index (κ2) is 5.62. The predicted octanol–water partition coefficient (Wildman–Crippen LogP) is 4.73. The number of carbonyl (C=O) groups is 1. The van der Waals surface area contributed by atoms with Gasteiger partial charge in [0.05, 0.1) is 4.88 Å². The maximum Gasteiger partial charge on any atom is 0.226 e. The fraction of sp³-hybridized carbons (Fsp3) is 0.316. The third-order valence-electron chi connectivity index (χ3n) is 4.89. The van der Waals surface area contributed by atoms with Crippen LogP contribution in [0.25, 0.3) is 10.7 Å². The minimum Gasteiger partial charge on any atom is -0.328 e. The summed E-state index contributed by atoms with van der Waals surface area (Å²) in [5.74, 6) is 1.63. The van der Waals surface area contributed by atoms with Crippen LogP contribution in [0.3, 0.4) is 0 Å². The van der Waals surface area contributed by atoms with E-state index >= 15 is 0 Å². The van der Waals surface area contributed by atoms with Crippen molar-refractivity contribution in [1.82, 2.24) is 14.8 Å². The number of nitrogens with zero attached hydrogens (tertiary/aromatic N) is 3. The molecule has 3 aromatic heterocycles. The van der Waals surface area contributed by atoms with Crippen molar-refractivity contribution in [2.75, 3.05) is 5.32 Å². The standard InChI is InChI=1S/C19H18N4OS2/c1-19(2)9-11-15(12(24)10-19)16(13-5-3-7-25-13)23-18(20-11)21-17(22-23)14-6-4-8-26-14/h3-8,16H,9-10H2,1-2H3,(H,20,21,22). The number of Topliss-reactive ketones (excluding diaryl/α,β-unsaturated/α-hetero) is 1. The number of aromatic nitrogens is 3. The van der Waals surface area contributed by atoms with Crippen LogP contribution in [0, 0.1) is 5.41 Å². The molecule has 132 valence electrons. The highest BCUT2D eigenvalue weighted by molar-refractivity contribution is 7.13. The smallest absolute Gasteiger partial charge is 0.226 e. The van der Waals surface area contributed by atoms with Crippen LogP contribution in [0.5, 0.6) is 0 Å². The Labute approximate surface area is 159 Å². The fourth-order valence-electron chi connectivity index (χ4n) is 3.83. The number of allylic oxidation sites excluding steroid dienone is 2. The number of anilines is 1. The van der Waals surface area contributed by atoms with Crippen LogP contribution in [0.15, 0.2) is 46.3 Å². The molecule has 0 spiro atoms. The summed E-state index contributed by atoms with van der Waals surface area (Å²) in [5, 5.41) is 12.3. The Balaban J connectivity index is 1.69. The van der Waals surface area contributed by atoms with Crippen molar-refractivity contribution in [2.45, 2.75) is 32.7 Å². The number of hydrogen-bond donors (Lipinski definition) is 1. The number of rotatable bonds is 2. The Morgan fingerprint density at radius 1 is 1.19 bits per heavy atom. The molecule has 1 aliphatic carbocycles. The summed E-state index contributed by atoms with van der Waals surface area (Å²) in [6.07, 6.45) is 1.41. The molecule has 0 fully saturated rings. The Hall–Kier alpha value is -2.25. The lowest BCUT2D eigenvalue weighted by Crippen LogP contribution is -2.36. The Bertz CT molecular complexity index is 1010. The van der Waals surface area contributed by atoms with E-state index in [0.29, 0.717) is 12.2 Å². The van der Waals surface area contributed by atoms with Gasteiger partial charge in [-0.05, 0) is 34.7 Å². The number of hydrogen-bond acceptors (Lipinski definition) is 6. The summed E-state index contributed by atoms with van der Waals surface area (Å²) in [6, 6.07) is 7.93. The summed E-state index contributed by atoms with van der Waals surface area (Å²) < 4.78 is 1.88. The number of thiophene rings is 2. The van der Waals surface area contributed by atoms with E-state index in [4.69, 9.17) is 10.1 Å². The number of nitrogens with one attached hydrogen (secondary N) is 1. The highest BCUT2D eigenvalue weighted by Gasteiger charge is 2.42. The van der Waals surface area contributed by atoms with Gasteiger partial charge in [-0.3, -0.25) is 4.79 Å². The summed E-state index contributed by atoms with van der Waals surface area (Å²) in [6.45, 7) is 4.29. The van der Waals surface area contributed by atoms with Crippen LogP contribution in [0.1, 0.15) is 37.6 Å². The quantitative estimate of drug-likeness (QED) is 0.696. The van der Waals surface area contributed by atoms with E-state index in [1.54, 1.807) is 22.7 Å². The van der Waals surface area contributed by atoms with Crippen LogP contribution in [0.4, 0.5) is 5.95 Å². The maximum absolute atomic E-state index is 13.0. The van der Waals surface area contributed by atoms with Crippen molar-refractivity contribution in [1.29, 1.82) is 0 Å². The summed E-state index contributed by atoms with van der Waals surface area (Å²) in [4.78, 5) is 19.9. The van der Waals surface area contributed by atoms with Crippen molar-refractivity contribution in [2.24, 2.45) is 5.41 Å². The van der Waals surface area contributed by atoms with Gasteiger partial charge in [0.1, 0.15) is 6.04 Å². The molecule has 4 heterocycles. The molecule has 0 saturated carbocycles. The Morgan fingerprint density at radius 3 is 2.73 bits per heavy atom. The van der Waals surface area contributed by atoms with Crippen molar-refractivity contribution < 1.29 is 4.79 Å². The average Bonchev–Trinajstić information content (AvgIpc) is 3.31. The first-order valence-electron chi connectivity index (χ1n) is 8.59. The monoisotopic (exact) mass is 382 g/mol. The van der Waals surface area contributed by atoms with Crippen molar-refractivity contribution in [3.63, 3.8) is 0 Å². The summed E-state index contributed by atoms with van der Waals surface area (Å²) in [5.41, 5.74) is 1.81. The van der Waals surface area contributed by atoms with E-state index in [2.05, 4.69) is 25.2 Å². The van der Waals surface area contributed by atoms with E-state index < -0.39 is 0 Å². The fourth-order valence-corrected chi connectivity index (χ4v) is 5.30. The van der Waals surface area contributed by atoms with Crippen LogP contribution in [-0.4, -0.2) is 20.5 Å². The predicted molar refractivity (Wildman–Crippen MR) is 104 cm³/mol. The molecule has 0 saturated heterocycles. The van der Waals surface area contributed by atoms with E-state index in [9.17, 15) is 4.79 Å². The van der Waals surface area contributed by atoms with Gasteiger partial charge in [-0.25, -0.2) is 4.68 Å². The van der Waals surface area contributed by atoms with Gasteiger partial charge in [0.15, 0.2) is 11.6 Å². The van der Waals surface area contributed by atoms with E-state index in [1.165, 1.54) is 0 Å². The topological polar surface area (TPSA) is 59.8 Å². The lowest BCUT2D eigenvalue weighted by atomic mass is 9.73. The molecule has 1 atom stereocenters. The van der Waals surface area contributed by atoms with E-state index in [1.807, 2.05) is 33.6 Å². The summed E-state index contributed by atoms with van der Waals surface area (Å²) in [7, 11) is 0. The van der Waals surface area contributed by atoms with Crippen LogP contribution >= 0.6 is 22.7 Å². The zero-order valence-corrected chi connectivity index (χ0v) is 16.2. The van der Waals surface area contributed by atoms with Crippen molar-refractivity contribution in [3.05, 3.63) is 51.2 Å². The van der Waals surface area contributed by atoms with Crippen molar-refractivity contribution >= 4 is 34.4 Å². The van der Waals surface area contributed by atoms with E-state index in [-0.39, 0.29) is 17.2 Å². The second-order valence-electron chi connectivity index (χ2n) is 7.56. The third-order valence-corrected chi connectivity index (χ3v) is 6.68.